The second-order valence-corrected chi connectivity index (χ2v) is 7.24. The van der Waals surface area contributed by atoms with Crippen LogP contribution in [0.3, 0.4) is 0 Å². The molecule has 19 heavy (non-hydrogen) atoms. The third-order valence-electron chi connectivity index (χ3n) is 2.18. The Bertz CT molecular complexity index is 361. The molecule has 0 aromatic heterocycles. The minimum atomic E-state index is -3.52. The highest BCUT2D eigenvalue weighted by Gasteiger charge is 2.34. The highest BCUT2D eigenvalue weighted by molar-refractivity contribution is 7.60. The van der Waals surface area contributed by atoms with E-state index in [2.05, 4.69) is 5.32 Å². The van der Waals surface area contributed by atoms with Crippen molar-refractivity contribution in [2.45, 2.75) is 41.5 Å². The van der Waals surface area contributed by atoms with Gasteiger partial charge in [0, 0.05) is 6.54 Å². The van der Waals surface area contributed by atoms with Crippen LogP contribution in [0, 0.1) is 5.41 Å². The Morgan fingerprint density at radius 1 is 1.21 bits per heavy atom. The monoisotopic (exact) mass is 291 g/mol. The van der Waals surface area contributed by atoms with Crippen LogP contribution in [0.4, 0.5) is 0 Å². The Kier molecular flexibility index (Phi) is 7.57. The van der Waals surface area contributed by atoms with Gasteiger partial charge in [-0.2, -0.15) is 0 Å². The molecule has 0 fully saturated rings. The predicted molar refractivity (Wildman–Crippen MR) is 77.1 cm³/mol. The van der Waals surface area contributed by atoms with Crippen LogP contribution in [0.25, 0.3) is 0 Å². The summed E-state index contributed by atoms with van der Waals surface area (Å²) in [5, 5.41) is 2.83. The van der Waals surface area contributed by atoms with Crippen molar-refractivity contribution in [1.82, 2.24) is 5.32 Å². The van der Waals surface area contributed by atoms with Gasteiger partial charge < -0.3 is 14.4 Å². The molecule has 0 unspecified atom stereocenters. The van der Waals surface area contributed by atoms with Crippen LogP contribution in [0.2, 0.25) is 0 Å². The normalized spacial score (nSPS) is 13.5. The van der Waals surface area contributed by atoms with Gasteiger partial charge in [-0.1, -0.05) is 26.8 Å². The number of hydrogen-bond acceptors (Lipinski definition) is 4. The van der Waals surface area contributed by atoms with Crippen molar-refractivity contribution in [2.75, 3.05) is 19.8 Å². The third kappa shape index (κ3) is 6.37. The van der Waals surface area contributed by atoms with Gasteiger partial charge in [-0.15, -0.1) is 0 Å². The lowest BCUT2D eigenvalue weighted by Gasteiger charge is -2.22. The van der Waals surface area contributed by atoms with Crippen LogP contribution in [0.5, 0.6) is 0 Å². The second kappa shape index (κ2) is 7.83. The Morgan fingerprint density at radius 2 is 1.68 bits per heavy atom. The van der Waals surface area contributed by atoms with Gasteiger partial charge in [-0.25, -0.2) is 0 Å². The van der Waals surface area contributed by atoms with Crippen LogP contribution in [0.15, 0.2) is 11.4 Å². The van der Waals surface area contributed by atoms with Crippen molar-refractivity contribution in [3.63, 3.8) is 0 Å². The molecule has 112 valence electrons. The molecular weight excluding hydrogens is 265 g/mol. The molecule has 0 spiro atoms. The molecule has 0 aliphatic rings. The predicted octanol–water partition coefficient (Wildman–Crippen LogP) is 3.32. The van der Waals surface area contributed by atoms with Crippen LogP contribution in [-0.2, 0) is 18.4 Å². The minimum absolute atomic E-state index is 0.0459. The van der Waals surface area contributed by atoms with E-state index in [1.54, 1.807) is 20.8 Å². The standard InChI is InChI=1S/C13H26NO4P/c1-7-11(12(15)14-10-13(4,5)6)19(16,17-8-2)18-9-3/h7H,8-10H2,1-6H3,(H,14,15)/b11-7-. The van der Waals surface area contributed by atoms with Gasteiger partial charge >= 0.3 is 7.60 Å². The van der Waals surface area contributed by atoms with E-state index in [1.807, 2.05) is 20.8 Å². The largest absolute Gasteiger partial charge is 0.366 e. The number of allylic oxidation sites excluding steroid dienone is 1. The van der Waals surface area contributed by atoms with Crippen LogP contribution < -0.4 is 5.32 Å². The number of amides is 1. The summed E-state index contributed by atoms with van der Waals surface area (Å²) in [4.78, 5) is 12.1. The lowest BCUT2D eigenvalue weighted by atomic mass is 9.97. The van der Waals surface area contributed by atoms with Gasteiger partial charge in [0.15, 0.2) is 0 Å². The fourth-order valence-electron chi connectivity index (χ4n) is 1.37. The third-order valence-corrected chi connectivity index (χ3v) is 4.43. The number of hydrogen-bond donors (Lipinski definition) is 1. The molecule has 1 amide bonds. The molecule has 6 heteroatoms. The van der Waals surface area contributed by atoms with E-state index >= 15 is 0 Å². The highest BCUT2D eigenvalue weighted by Crippen LogP contribution is 2.55. The van der Waals surface area contributed by atoms with Gasteiger partial charge in [0.05, 0.1) is 13.2 Å². The van der Waals surface area contributed by atoms with Crippen molar-refractivity contribution >= 4 is 13.5 Å². The molecular formula is C13H26NO4P. The van der Waals surface area contributed by atoms with Gasteiger partial charge in [-0.05, 0) is 26.2 Å². The summed E-state index contributed by atoms with van der Waals surface area (Å²) in [5.41, 5.74) is -0.0459. The van der Waals surface area contributed by atoms with Crippen LogP contribution >= 0.6 is 7.60 Å². The molecule has 0 radical (unpaired) electrons. The van der Waals surface area contributed by atoms with Gasteiger partial charge in [0.25, 0.3) is 5.91 Å². The molecule has 0 saturated heterocycles. The van der Waals surface area contributed by atoms with Crippen molar-refractivity contribution in [1.29, 1.82) is 0 Å². The summed E-state index contributed by atoms with van der Waals surface area (Å²) in [5.74, 6) is -0.400. The lowest BCUT2D eigenvalue weighted by molar-refractivity contribution is -0.117. The molecule has 0 bridgehead atoms. The number of carbonyl (C=O) groups is 1. The molecule has 0 aromatic carbocycles. The first-order valence-corrected chi connectivity index (χ1v) is 8.08. The molecule has 1 N–H and O–H groups in total. The molecule has 5 nitrogen and oxygen atoms in total. The van der Waals surface area contributed by atoms with E-state index in [-0.39, 0.29) is 23.9 Å². The van der Waals surface area contributed by atoms with Crippen molar-refractivity contribution < 1.29 is 18.4 Å². The molecule has 0 aromatic rings. The average molecular weight is 291 g/mol. The van der Waals surface area contributed by atoms with Crippen LogP contribution in [0.1, 0.15) is 41.5 Å². The smallest absolute Gasteiger partial charge is 0.351 e. The SMILES string of the molecule is C/C=C(/C(=O)NCC(C)(C)C)P(=O)(OCC)OCC. The zero-order valence-electron chi connectivity index (χ0n) is 12.8. The average Bonchev–Trinajstić information content (AvgIpc) is 2.26. The summed E-state index contributed by atoms with van der Waals surface area (Å²) in [7, 11) is -3.52. The maximum absolute atomic E-state index is 12.5. The summed E-state index contributed by atoms with van der Waals surface area (Å²) in [6.45, 7) is 12.0. The molecule has 0 heterocycles. The Balaban J connectivity index is 4.98. The van der Waals surface area contributed by atoms with E-state index in [9.17, 15) is 9.36 Å². The molecule has 0 saturated carbocycles. The van der Waals surface area contributed by atoms with Crippen molar-refractivity contribution in [3.05, 3.63) is 11.4 Å². The summed E-state index contributed by atoms with van der Waals surface area (Å²) < 4.78 is 22.9. The Labute approximate surface area is 116 Å². The maximum Gasteiger partial charge on any atom is 0.366 e. The molecule has 0 aliphatic carbocycles. The van der Waals surface area contributed by atoms with Crippen LogP contribution in [-0.4, -0.2) is 25.7 Å². The van der Waals surface area contributed by atoms with Gasteiger partial charge in [-0.3, -0.25) is 9.36 Å². The molecule has 0 atom stereocenters. The zero-order valence-corrected chi connectivity index (χ0v) is 13.7. The Hall–Kier alpha value is -0.640. The maximum atomic E-state index is 12.5. The number of rotatable bonds is 7. The minimum Gasteiger partial charge on any atom is -0.351 e. The number of carbonyl (C=O) groups excluding carboxylic acids is 1. The quantitative estimate of drug-likeness (QED) is 0.577. The molecule has 0 aliphatic heterocycles. The van der Waals surface area contributed by atoms with E-state index in [1.165, 1.54) is 6.08 Å². The number of nitrogens with one attached hydrogen (secondary N) is 1. The summed E-state index contributed by atoms with van der Waals surface area (Å²) >= 11 is 0. The van der Waals surface area contributed by atoms with E-state index < -0.39 is 13.5 Å². The fourth-order valence-corrected chi connectivity index (χ4v) is 3.04. The summed E-state index contributed by atoms with van der Waals surface area (Å²) in [6, 6.07) is 0. The second-order valence-electron chi connectivity index (χ2n) is 5.25. The van der Waals surface area contributed by atoms with E-state index in [0.29, 0.717) is 6.54 Å². The van der Waals surface area contributed by atoms with Gasteiger partial charge in [0.1, 0.15) is 5.31 Å². The van der Waals surface area contributed by atoms with Gasteiger partial charge in [0.2, 0.25) is 0 Å². The van der Waals surface area contributed by atoms with E-state index in [4.69, 9.17) is 9.05 Å². The highest BCUT2D eigenvalue weighted by atomic mass is 31.2. The Morgan fingerprint density at radius 3 is 2.00 bits per heavy atom. The zero-order chi connectivity index (χ0) is 15.1. The lowest BCUT2D eigenvalue weighted by Crippen LogP contribution is -2.33. The molecule has 0 rings (SSSR count). The first-order chi connectivity index (χ1) is 8.70. The topological polar surface area (TPSA) is 64.6 Å². The van der Waals surface area contributed by atoms with Crippen molar-refractivity contribution in [2.24, 2.45) is 5.41 Å². The summed E-state index contributed by atoms with van der Waals surface area (Å²) in [6.07, 6.45) is 1.49. The van der Waals surface area contributed by atoms with E-state index in [0.717, 1.165) is 0 Å². The fraction of sp³-hybridized carbons (Fsp3) is 0.769. The van der Waals surface area contributed by atoms with Crippen molar-refractivity contribution in [3.8, 4) is 0 Å². The first-order valence-electron chi connectivity index (χ1n) is 6.54. The first kappa shape index (κ1) is 18.4.